The number of rotatable bonds is 7. The molecule has 0 nitrogen and oxygen atoms in total. The van der Waals surface area contributed by atoms with Crippen molar-refractivity contribution >= 4 is 40.8 Å². The van der Waals surface area contributed by atoms with Crippen molar-refractivity contribution in [2.45, 2.75) is 19.3 Å². The van der Waals surface area contributed by atoms with Crippen LogP contribution in [0.2, 0.25) is 0 Å². The Labute approximate surface area is 186 Å². The highest BCUT2D eigenvalue weighted by Gasteiger charge is 2.18. The van der Waals surface area contributed by atoms with Gasteiger partial charge < -0.3 is 0 Å². The lowest BCUT2D eigenvalue weighted by molar-refractivity contribution is 0.824. The molecule has 0 atom stereocenters. The summed E-state index contributed by atoms with van der Waals surface area (Å²) in [5, 5.41) is 4.32. The van der Waals surface area contributed by atoms with Gasteiger partial charge >= 0.3 is 0 Å². The van der Waals surface area contributed by atoms with Gasteiger partial charge in [-0.25, -0.2) is 0 Å². The second kappa shape index (κ2) is 11.1. The van der Waals surface area contributed by atoms with Crippen LogP contribution in [0.3, 0.4) is 0 Å². The first-order valence-electron chi connectivity index (χ1n) is 9.94. The summed E-state index contributed by atoms with van der Waals surface area (Å²) in [4.78, 5) is 0. The maximum absolute atomic E-state index is 2.34. The van der Waals surface area contributed by atoms with Crippen LogP contribution in [0.25, 0.3) is 0 Å². The molecule has 0 aliphatic heterocycles. The Morgan fingerprint density at radius 1 is 0.483 bits per heavy atom. The number of hydrogen-bond acceptors (Lipinski definition) is 0. The summed E-state index contributed by atoms with van der Waals surface area (Å²) >= 11 is 0. The van der Waals surface area contributed by atoms with Gasteiger partial charge in [-0.05, 0) is 54.2 Å². The van der Waals surface area contributed by atoms with Gasteiger partial charge in [0, 0.05) is 0 Å². The van der Waals surface area contributed by atoms with Crippen LogP contribution >= 0.6 is 24.9 Å². The highest BCUT2D eigenvalue weighted by Crippen LogP contribution is 2.34. The molecule has 0 unspecified atom stereocenters. The van der Waals surface area contributed by atoms with Crippen molar-refractivity contribution in [2.75, 3.05) is 0 Å². The van der Waals surface area contributed by atoms with E-state index in [9.17, 15) is 0 Å². The van der Waals surface area contributed by atoms with E-state index < -0.39 is 7.92 Å². The first-order valence-corrected chi connectivity index (χ1v) is 11.3. The number of benzene rings is 4. The minimum absolute atomic E-state index is 0. The van der Waals surface area contributed by atoms with E-state index >= 15 is 0 Å². The zero-order valence-corrected chi connectivity index (χ0v) is 19.1. The fraction of sp³-hybridized carbons (Fsp3) is 0.111. The van der Waals surface area contributed by atoms with E-state index in [4.69, 9.17) is 0 Å². The van der Waals surface area contributed by atoms with Crippen LogP contribution in [0.1, 0.15) is 17.5 Å². The Balaban J connectivity index is 0.00000240. The molecule has 0 saturated carbocycles. The molecule has 0 aromatic heterocycles. The quantitative estimate of drug-likeness (QED) is 0.288. The molecule has 0 bridgehead atoms. The summed E-state index contributed by atoms with van der Waals surface area (Å²) in [5.74, 6) is 0. The number of hydrogen-bond donors (Lipinski definition) is 0. The maximum atomic E-state index is 2.34. The van der Waals surface area contributed by atoms with Gasteiger partial charge in [-0.1, -0.05) is 115 Å². The van der Waals surface area contributed by atoms with Gasteiger partial charge in [0.05, 0.1) is 0 Å². The molecule has 0 spiro atoms. The predicted octanol–water partition coefficient (Wildman–Crippen LogP) is 6.20. The second-order valence-electron chi connectivity index (χ2n) is 6.97. The summed E-state index contributed by atoms with van der Waals surface area (Å²) in [6, 6.07) is 41.8. The molecule has 4 aromatic rings. The minimum Gasteiger partial charge on any atom is -0.114 e. The summed E-state index contributed by atoms with van der Waals surface area (Å²) in [5.41, 5.74) is 2.91. The van der Waals surface area contributed by atoms with E-state index in [-0.39, 0.29) is 17.0 Å². The van der Waals surface area contributed by atoms with E-state index in [2.05, 4.69) is 115 Å². The smallest absolute Gasteiger partial charge is 0.0119 e. The van der Waals surface area contributed by atoms with Crippen LogP contribution in [0.4, 0.5) is 0 Å². The highest BCUT2D eigenvalue weighted by molar-refractivity contribution is 8.93. The van der Waals surface area contributed by atoms with Crippen molar-refractivity contribution in [3.63, 3.8) is 0 Å². The summed E-state index contributed by atoms with van der Waals surface area (Å²) in [6.07, 6.45) is 3.42. The lowest BCUT2D eigenvalue weighted by Crippen LogP contribution is -2.23. The summed E-state index contributed by atoms with van der Waals surface area (Å²) < 4.78 is 0. The van der Waals surface area contributed by atoms with Crippen LogP contribution in [-0.4, -0.2) is 0 Å². The third-order valence-corrected chi connectivity index (χ3v) is 7.56. The molecule has 4 rings (SSSR count). The Hall–Kier alpha value is -2.21. The first-order chi connectivity index (χ1) is 13.9. The molecule has 0 aliphatic rings. The fourth-order valence-corrected chi connectivity index (χ4v) is 6.15. The van der Waals surface area contributed by atoms with Crippen molar-refractivity contribution in [3.8, 4) is 0 Å². The molecule has 0 amide bonds. The fourth-order valence-electron chi connectivity index (χ4n) is 3.65. The van der Waals surface area contributed by atoms with Gasteiger partial charge in [0.25, 0.3) is 0 Å². The molecule has 4 aromatic carbocycles. The van der Waals surface area contributed by atoms with Gasteiger partial charge in [-0.15, -0.1) is 17.0 Å². The average Bonchev–Trinajstić information content (AvgIpc) is 2.77. The van der Waals surface area contributed by atoms with Crippen molar-refractivity contribution < 1.29 is 0 Å². The van der Waals surface area contributed by atoms with E-state index in [0.717, 1.165) is 12.8 Å². The van der Waals surface area contributed by atoms with Crippen molar-refractivity contribution in [1.29, 1.82) is 0 Å². The van der Waals surface area contributed by atoms with Gasteiger partial charge in [0.2, 0.25) is 0 Å². The normalized spacial score (nSPS) is 10.5. The Kier molecular flexibility index (Phi) is 8.23. The third kappa shape index (κ3) is 5.66. The molecular formula is C27H26BrP. The largest absolute Gasteiger partial charge is 0.114 e. The Bertz CT molecular complexity index is 945. The zero-order valence-electron chi connectivity index (χ0n) is 16.4. The van der Waals surface area contributed by atoms with E-state index in [1.165, 1.54) is 33.5 Å². The van der Waals surface area contributed by atoms with E-state index in [0.29, 0.717) is 0 Å². The lowest BCUT2D eigenvalue weighted by atomic mass is 10.0. The highest BCUT2D eigenvalue weighted by atomic mass is 79.9. The molecule has 0 N–H and O–H groups in total. The molecule has 2 heteroatoms. The standard InChI is InChI=1S/C27H25P.BrH/c1-4-13-23(14-5-1)15-12-17-24-16-10-11-22-27(24)28(25-18-6-2-7-19-25)26-20-8-3-9-21-26;/h1-11,13-14,16,18-22H,12,15,17H2;1H. The average molecular weight is 461 g/mol. The number of halogens is 1. The molecule has 0 saturated heterocycles. The molecule has 29 heavy (non-hydrogen) atoms. The van der Waals surface area contributed by atoms with E-state index in [1.54, 1.807) is 0 Å². The second-order valence-corrected chi connectivity index (χ2v) is 9.16. The maximum Gasteiger partial charge on any atom is -0.0119 e. The third-order valence-electron chi connectivity index (χ3n) is 5.02. The van der Waals surface area contributed by atoms with Crippen LogP contribution in [0.15, 0.2) is 115 Å². The number of aryl methyl sites for hydroxylation is 2. The summed E-state index contributed by atoms with van der Waals surface area (Å²) in [7, 11) is -0.538. The summed E-state index contributed by atoms with van der Waals surface area (Å²) in [6.45, 7) is 0. The van der Waals surface area contributed by atoms with E-state index in [1.807, 2.05) is 0 Å². The monoisotopic (exact) mass is 460 g/mol. The molecule has 0 radical (unpaired) electrons. The molecule has 0 fully saturated rings. The topological polar surface area (TPSA) is 0 Å². The van der Waals surface area contributed by atoms with Crippen LogP contribution in [0, 0.1) is 0 Å². The molecule has 146 valence electrons. The van der Waals surface area contributed by atoms with Gasteiger partial charge in [0.1, 0.15) is 0 Å². The van der Waals surface area contributed by atoms with Crippen molar-refractivity contribution in [2.24, 2.45) is 0 Å². The SMILES string of the molecule is Br.c1ccc(CCCc2ccccc2P(c2ccccc2)c2ccccc2)cc1. The van der Waals surface area contributed by atoms with Crippen molar-refractivity contribution in [1.82, 2.24) is 0 Å². The van der Waals surface area contributed by atoms with Gasteiger partial charge in [0.15, 0.2) is 0 Å². The molecule has 0 aliphatic carbocycles. The molecule has 0 heterocycles. The molecular weight excluding hydrogens is 435 g/mol. The predicted molar refractivity (Wildman–Crippen MR) is 134 cm³/mol. The Morgan fingerprint density at radius 2 is 0.966 bits per heavy atom. The Morgan fingerprint density at radius 3 is 1.55 bits per heavy atom. The lowest BCUT2D eigenvalue weighted by Gasteiger charge is -2.22. The van der Waals surface area contributed by atoms with Crippen LogP contribution < -0.4 is 15.9 Å². The minimum atomic E-state index is -0.538. The van der Waals surface area contributed by atoms with Gasteiger partial charge in [-0.2, -0.15) is 0 Å². The van der Waals surface area contributed by atoms with Gasteiger partial charge in [-0.3, -0.25) is 0 Å². The first kappa shape index (κ1) is 21.5. The van der Waals surface area contributed by atoms with Crippen LogP contribution in [-0.2, 0) is 12.8 Å². The van der Waals surface area contributed by atoms with Crippen molar-refractivity contribution in [3.05, 3.63) is 126 Å². The van der Waals surface area contributed by atoms with Crippen LogP contribution in [0.5, 0.6) is 0 Å². The zero-order chi connectivity index (χ0) is 19.0.